The van der Waals surface area contributed by atoms with E-state index in [9.17, 15) is 0 Å². The van der Waals surface area contributed by atoms with E-state index in [2.05, 4.69) is 53.4 Å². The molecule has 1 N–H and O–H groups in total. The molecule has 2 aliphatic rings. The van der Waals surface area contributed by atoms with Gasteiger partial charge in [-0.25, -0.2) is 0 Å². The van der Waals surface area contributed by atoms with Gasteiger partial charge in [0, 0.05) is 31.7 Å². The highest BCUT2D eigenvalue weighted by Gasteiger charge is 2.30. The summed E-state index contributed by atoms with van der Waals surface area (Å²) in [5.74, 6) is 0. The minimum Gasteiger partial charge on any atom is -0.313 e. The number of nitrogens with zero attached hydrogens (tertiary/aromatic N) is 2. The molecule has 2 atom stereocenters. The Kier molecular flexibility index (Phi) is 4.94. The van der Waals surface area contributed by atoms with Crippen molar-refractivity contribution in [3.63, 3.8) is 0 Å². The summed E-state index contributed by atoms with van der Waals surface area (Å²) in [6, 6.07) is 10.3. The minimum absolute atomic E-state index is 0.590. The van der Waals surface area contributed by atoms with Crippen molar-refractivity contribution in [1.29, 1.82) is 0 Å². The van der Waals surface area contributed by atoms with E-state index in [1.165, 1.54) is 44.5 Å². The molecular formula is C18H29N3. The van der Waals surface area contributed by atoms with Crippen LogP contribution in [0, 0.1) is 0 Å². The zero-order valence-electron chi connectivity index (χ0n) is 13.5. The highest BCUT2D eigenvalue weighted by molar-refractivity contribution is 5.31. The van der Waals surface area contributed by atoms with Crippen molar-refractivity contribution in [3.05, 3.63) is 35.4 Å². The molecule has 2 unspecified atom stereocenters. The Morgan fingerprint density at radius 2 is 2.10 bits per heavy atom. The first kappa shape index (κ1) is 15.0. The van der Waals surface area contributed by atoms with Crippen LogP contribution >= 0.6 is 0 Å². The number of hydrogen-bond acceptors (Lipinski definition) is 3. The highest BCUT2D eigenvalue weighted by atomic mass is 15.3. The van der Waals surface area contributed by atoms with Gasteiger partial charge in [0.2, 0.25) is 0 Å². The monoisotopic (exact) mass is 287 g/mol. The summed E-state index contributed by atoms with van der Waals surface area (Å²) < 4.78 is 0. The summed E-state index contributed by atoms with van der Waals surface area (Å²) in [5.41, 5.74) is 3.05. The van der Waals surface area contributed by atoms with Crippen molar-refractivity contribution in [1.82, 2.24) is 15.1 Å². The molecular weight excluding hydrogens is 258 g/mol. The molecule has 3 nitrogen and oxygen atoms in total. The van der Waals surface area contributed by atoms with Crippen LogP contribution in [0.1, 0.15) is 43.4 Å². The van der Waals surface area contributed by atoms with Crippen LogP contribution in [0.4, 0.5) is 0 Å². The van der Waals surface area contributed by atoms with E-state index in [1.807, 2.05) is 0 Å². The Balaban J connectivity index is 1.90. The van der Waals surface area contributed by atoms with E-state index < -0.39 is 0 Å². The van der Waals surface area contributed by atoms with Gasteiger partial charge < -0.3 is 10.2 Å². The molecule has 0 radical (unpaired) electrons. The second-order valence-corrected chi connectivity index (χ2v) is 6.60. The van der Waals surface area contributed by atoms with Crippen molar-refractivity contribution in [2.24, 2.45) is 0 Å². The minimum atomic E-state index is 0.590. The second-order valence-electron chi connectivity index (χ2n) is 6.60. The van der Waals surface area contributed by atoms with Gasteiger partial charge in [0.25, 0.3) is 0 Å². The average molecular weight is 287 g/mol. The van der Waals surface area contributed by atoms with Crippen LogP contribution < -0.4 is 5.32 Å². The molecule has 3 rings (SSSR count). The predicted octanol–water partition coefficient (Wildman–Crippen LogP) is 2.64. The molecule has 1 aromatic rings. The van der Waals surface area contributed by atoms with E-state index in [1.54, 1.807) is 5.56 Å². The third-order valence-corrected chi connectivity index (χ3v) is 5.14. The lowest BCUT2D eigenvalue weighted by Gasteiger charge is -2.37. The lowest BCUT2D eigenvalue weighted by molar-refractivity contribution is 0.122. The quantitative estimate of drug-likeness (QED) is 0.902. The third-order valence-electron chi connectivity index (χ3n) is 5.14. The van der Waals surface area contributed by atoms with Gasteiger partial charge in [-0.2, -0.15) is 0 Å². The zero-order valence-corrected chi connectivity index (χ0v) is 13.5. The van der Waals surface area contributed by atoms with E-state index in [0.717, 1.165) is 13.1 Å². The molecule has 0 saturated carbocycles. The molecule has 21 heavy (non-hydrogen) atoms. The molecule has 0 bridgehead atoms. The fourth-order valence-electron chi connectivity index (χ4n) is 4.02. The van der Waals surface area contributed by atoms with Crippen LogP contribution in [0.5, 0.6) is 0 Å². The first-order valence-corrected chi connectivity index (χ1v) is 8.52. The van der Waals surface area contributed by atoms with Crippen LogP contribution in [-0.2, 0) is 6.54 Å². The Bertz CT molecular complexity index is 460. The first-order valence-electron chi connectivity index (χ1n) is 8.52. The number of benzene rings is 1. The Labute approximate surface area is 129 Å². The van der Waals surface area contributed by atoms with Crippen LogP contribution in [0.3, 0.4) is 0 Å². The van der Waals surface area contributed by atoms with Crippen molar-refractivity contribution in [2.75, 3.05) is 33.2 Å². The molecule has 0 spiro atoms. The molecule has 1 aromatic carbocycles. The molecule has 0 amide bonds. The van der Waals surface area contributed by atoms with Gasteiger partial charge in [0.05, 0.1) is 0 Å². The molecule has 1 saturated heterocycles. The number of likely N-dealkylation sites (N-methyl/N-ethyl adjacent to an activating group) is 1. The van der Waals surface area contributed by atoms with Gasteiger partial charge in [-0.3, -0.25) is 4.90 Å². The highest BCUT2D eigenvalue weighted by Crippen LogP contribution is 2.32. The van der Waals surface area contributed by atoms with E-state index in [-0.39, 0.29) is 0 Å². The largest absolute Gasteiger partial charge is 0.313 e. The van der Waals surface area contributed by atoms with Crippen LogP contribution in [0.25, 0.3) is 0 Å². The SMILES string of the molecule is CCC1CN(C)CCCN1C1CCNCc2ccccc21. The van der Waals surface area contributed by atoms with Crippen LogP contribution in [0.15, 0.2) is 24.3 Å². The normalized spacial score (nSPS) is 28.7. The molecule has 0 aliphatic carbocycles. The summed E-state index contributed by atoms with van der Waals surface area (Å²) in [6.07, 6.45) is 3.77. The summed E-state index contributed by atoms with van der Waals surface area (Å²) in [4.78, 5) is 5.31. The van der Waals surface area contributed by atoms with Gasteiger partial charge >= 0.3 is 0 Å². The second kappa shape index (κ2) is 6.91. The number of nitrogens with one attached hydrogen (secondary N) is 1. The zero-order chi connectivity index (χ0) is 14.7. The topological polar surface area (TPSA) is 18.5 Å². The smallest absolute Gasteiger partial charge is 0.0366 e. The predicted molar refractivity (Wildman–Crippen MR) is 88.4 cm³/mol. The Morgan fingerprint density at radius 3 is 2.95 bits per heavy atom. The van der Waals surface area contributed by atoms with Gasteiger partial charge in [-0.05, 0) is 50.5 Å². The van der Waals surface area contributed by atoms with Crippen molar-refractivity contribution in [3.8, 4) is 0 Å². The third kappa shape index (κ3) is 3.31. The standard InChI is InChI=1S/C18H29N3/c1-3-16-14-20(2)11-6-12-21(16)18-9-10-19-13-15-7-4-5-8-17(15)18/h4-5,7-8,16,18-19H,3,6,9-14H2,1-2H3. The molecule has 2 aliphatic heterocycles. The summed E-state index contributed by atoms with van der Waals surface area (Å²) in [5, 5.41) is 3.59. The number of fused-ring (bicyclic) bond motifs is 1. The van der Waals surface area contributed by atoms with Crippen LogP contribution in [-0.4, -0.2) is 49.1 Å². The van der Waals surface area contributed by atoms with Gasteiger partial charge in [-0.15, -0.1) is 0 Å². The lowest BCUT2D eigenvalue weighted by atomic mass is 9.96. The molecule has 2 heterocycles. The van der Waals surface area contributed by atoms with Crippen molar-refractivity contribution in [2.45, 2.75) is 44.8 Å². The molecule has 1 fully saturated rings. The lowest BCUT2D eigenvalue weighted by Crippen LogP contribution is -2.42. The molecule has 3 heteroatoms. The maximum Gasteiger partial charge on any atom is 0.0366 e. The summed E-state index contributed by atoms with van der Waals surface area (Å²) in [6.45, 7) is 8.18. The van der Waals surface area contributed by atoms with Crippen LogP contribution in [0.2, 0.25) is 0 Å². The van der Waals surface area contributed by atoms with E-state index in [4.69, 9.17) is 0 Å². The molecule has 0 aromatic heterocycles. The van der Waals surface area contributed by atoms with Crippen molar-refractivity contribution < 1.29 is 0 Å². The Hall–Kier alpha value is -0.900. The van der Waals surface area contributed by atoms with Crippen molar-refractivity contribution >= 4 is 0 Å². The van der Waals surface area contributed by atoms with Gasteiger partial charge in [0.1, 0.15) is 0 Å². The van der Waals surface area contributed by atoms with Gasteiger partial charge in [0.15, 0.2) is 0 Å². The Morgan fingerprint density at radius 1 is 1.24 bits per heavy atom. The maximum atomic E-state index is 3.59. The van der Waals surface area contributed by atoms with E-state index in [0.29, 0.717) is 12.1 Å². The van der Waals surface area contributed by atoms with Gasteiger partial charge in [-0.1, -0.05) is 31.2 Å². The summed E-state index contributed by atoms with van der Waals surface area (Å²) >= 11 is 0. The fourth-order valence-corrected chi connectivity index (χ4v) is 4.02. The fraction of sp³-hybridized carbons (Fsp3) is 0.667. The van der Waals surface area contributed by atoms with E-state index >= 15 is 0 Å². The number of rotatable bonds is 2. The molecule has 116 valence electrons. The first-order chi connectivity index (χ1) is 10.3. The maximum absolute atomic E-state index is 3.59. The number of hydrogen-bond donors (Lipinski definition) is 1. The summed E-state index contributed by atoms with van der Waals surface area (Å²) in [7, 11) is 2.27. The average Bonchev–Trinajstić information content (AvgIpc) is 2.82.